The molecule has 1 atom stereocenters. The molecule has 0 spiro atoms. The molecule has 1 aromatic rings. The van der Waals surface area contributed by atoms with Crippen molar-refractivity contribution in [3.05, 3.63) is 27.8 Å². The molecule has 0 aromatic heterocycles. The number of benzene rings is 1. The van der Waals surface area contributed by atoms with Gasteiger partial charge in [-0.15, -0.1) is 12.4 Å². The van der Waals surface area contributed by atoms with Gasteiger partial charge in [-0.3, -0.25) is 4.79 Å². The average molecular weight is 353 g/mol. The van der Waals surface area contributed by atoms with Gasteiger partial charge in [0, 0.05) is 15.8 Å². The van der Waals surface area contributed by atoms with E-state index in [0.717, 1.165) is 25.2 Å². The van der Waals surface area contributed by atoms with E-state index in [1.807, 2.05) is 24.3 Å². The molecule has 0 aliphatic carbocycles. The summed E-state index contributed by atoms with van der Waals surface area (Å²) in [6, 6.07) is 7.84. The zero-order chi connectivity index (χ0) is 10.7. The van der Waals surface area contributed by atoms with E-state index in [4.69, 9.17) is 0 Å². The molecule has 2 rings (SSSR count). The smallest absolute Gasteiger partial charge is 0.228 e. The Bertz CT molecular complexity index is 350. The van der Waals surface area contributed by atoms with Crippen molar-refractivity contribution in [3.8, 4) is 0 Å². The van der Waals surface area contributed by atoms with Crippen LogP contribution in [0.15, 0.2) is 24.3 Å². The van der Waals surface area contributed by atoms with Gasteiger partial charge >= 0.3 is 0 Å². The lowest BCUT2D eigenvalue weighted by Gasteiger charge is -2.09. The summed E-state index contributed by atoms with van der Waals surface area (Å²) in [5, 5.41) is 6.11. The van der Waals surface area contributed by atoms with Crippen molar-refractivity contribution in [1.29, 1.82) is 0 Å². The molecule has 1 saturated heterocycles. The molecule has 1 aromatic carbocycles. The summed E-state index contributed by atoms with van der Waals surface area (Å²) in [5.74, 6) is 0.255. The summed E-state index contributed by atoms with van der Waals surface area (Å²) in [4.78, 5) is 11.7. The molecule has 0 unspecified atom stereocenters. The maximum absolute atomic E-state index is 11.7. The fraction of sp³-hybridized carbons (Fsp3) is 0.364. The third-order valence-electron chi connectivity index (χ3n) is 2.54. The molecule has 3 nitrogen and oxygen atoms in total. The van der Waals surface area contributed by atoms with Crippen molar-refractivity contribution < 1.29 is 4.79 Å². The first-order chi connectivity index (χ1) is 7.25. The maximum Gasteiger partial charge on any atom is 0.228 e. The minimum absolute atomic E-state index is 0. The van der Waals surface area contributed by atoms with Gasteiger partial charge in [0.05, 0.1) is 5.92 Å². The second kappa shape index (κ2) is 6.42. The number of halogens is 2. The highest BCUT2D eigenvalue weighted by Crippen LogP contribution is 2.14. The van der Waals surface area contributed by atoms with E-state index in [0.29, 0.717) is 0 Å². The molecule has 1 aliphatic rings. The first kappa shape index (κ1) is 13.7. The summed E-state index contributed by atoms with van der Waals surface area (Å²) in [5.41, 5.74) is 0.882. The average Bonchev–Trinajstić information content (AvgIpc) is 2.74. The second-order valence-electron chi connectivity index (χ2n) is 3.69. The lowest BCUT2D eigenvalue weighted by atomic mass is 10.1. The van der Waals surface area contributed by atoms with Gasteiger partial charge in [-0.2, -0.15) is 0 Å². The van der Waals surface area contributed by atoms with Crippen LogP contribution in [0, 0.1) is 9.49 Å². The molecule has 1 amide bonds. The molecule has 0 saturated carbocycles. The lowest BCUT2D eigenvalue weighted by molar-refractivity contribution is -0.119. The van der Waals surface area contributed by atoms with E-state index in [2.05, 4.69) is 33.2 Å². The van der Waals surface area contributed by atoms with Crippen molar-refractivity contribution in [2.75, 3.05) is 18.4 Å². The van der Waals surface area contributed by atoms with Crippen LogP contribution >= 0.6 is 35.0 Å². The Kier molecular flexibility index (Phi) is 5.51. The number of carbonyl (C=O) groups is 1. The Hall–Kier alpha value is -0.330. The Morgan fingerprint density at radius 2 is 2.06 bits per heavy atom. The van der Waals surface area contributed by atoms with Crippen LogP contribution in [0.2, 0.25) is 0 Å². The van der Waals surface area contributed by atoms with Gasteiger partial charge in [0.2, 0.25) is 5.91 Å². The highest BCUT2D eigenvalue weighted by Gasteiger charge is 2.22. The molecule has 5 heteroatoms. The van der Waals surface area contributed by atoms with Gasteiger partial charge in [-0.1, -0.05) is 0 Å². The van der Waals surface area contributed by atoms with Gasteiger partial charge in [-0.05, 0) is 59.8 Å². The predicted molar refractivity (Wildman–Crippen MR) is 76.0 cm³/mol. The van der Waals surface area contributed by atoms with Gasteiger partial charge in [-0.25, -0.2) is 0 Å². The normalized spacial score (nSPS) is 18.9. The van der Waals surface area contributed by atoms with Crippen LogP contribution in [0.4, 0.5) is 5.69 Å². The van der Waals surface area contributed by atoms with Crippen LogP contribution in [0.5, 0.6) is 0 Å². The minimum Gasteiger partial charge on any atom is -0.326 e. The largest absolute Gasteiger partial charge is 0.326 e. The standard InChI is InChI=1S/C11H13IN2O.ClH/c12-9-1-3-10(4-2-9)14-11(15)8-5-6-13-7-8;/h1-4,8,13H,5-7H2,(H,14,15);1H/t8-;/m0./s1. The van der Waals surface area contributed by atoms with Crippen molar-refractivity contribution in [1.82, 2.24) is 5.32 Å². The topological polar surface area (TPSA) is 41.1 Å². The first-order valence-corrected chi connectivity index (χ1v) is 6.11. The van der Waals surface area contributed by atoms with Crippen molar-refractivity contribution in [3.63, 3.8) is 0 Å². The summed E-state index contributed by atoms with van der Waals surface area (Å²) < 4.78 is 1.17. The predicted octanol–water partition coefficient (Wildman–Crippen LogP) is 2.26. The number of amides is 1. The number of carbonyl (C=O) groups excluding carboxylic acids is 1. The monoisotopic (exact) mass is 352 g/mol. The van der Waals surface area contributed by atoms with Crippen LogP contribution < -0.4 is 10.6 Å². The number of nitrogens with one attached hydrogen (secondary N) is 2. The van der Waals surface area contributed by atoms with Crippen LogP contribution in [-0.4, -0.2) is 19.0 Å². The van der Waals surface area contributed by atoms with E-state index in [1.54, 1.807) is 0 Å². The van der Waals surface area contributed by atoms with E-state index in [9.17, 15) is 4.79 Å². The molecular formula is C11H14ClIN2O. The number of hydrogen-bond donors (Lipinski definition) is 2. The first-order valence-electron chi connectivity index (χ1n) is 5.03. The van der Waals surface area contributed by atoms with Gasteiger partial charge < -0.3 is 10.6 Å². The van der Waals surface area contributed by atoms with Crippen molar-refractivity contribution in [2.24, 2.45) is 5.92 Å². The van der Waals surface area contributed by atoms with Gasteiger partial charge in [0.25, 0.3) is 0 Å². The molecule has 2 N–H and O–H groups in total. The Morgan fingerprint density at radius 1 is 1.38 bits per heavy atom. The van der Waals surface area contributed by atoms with E-state index in [1.165, 1.54) is 3.57 Å². The van der Waals surface area contributed by atoms with Crippen molar-refractivity contribution in [2.45, 2.75) is 6.42 Å². The molecule has 0 radical (unpaired) electrons. The van der Waals surface area contributed by atoms with Crippen LogP contribution in [-0.2, 0) is 4.79 Å². The number of hydrogen-bond acceptors (Lipinski definition) is 2. The van der Waals surface area contributed by atoms with E-state index < -0.39 is 0 Å². The third-order valence-corrected chi connectivity index (χ3v) is 3.26. The summed E-state index contributed by atoms with van der Waals surface area (Å²) in [6.07, 6.45) is 0.941. The maximum atomic E-state index is 11.7. The summed E-state index contributed by atoms with van der Waals surface area (Å²) in [7, 11) is 0. The fourth-order valence-corrected chi connectivity index (χ4v) is 2.02. The zero-order valence-corrected chi connectivity index (χ0v) is 11.7. The third kappa shape index (κ3) is 3.61. The minimum atomic E-state index is 0. The molecule has 1 fully saturated rings. The Labute approximate surface area is 115 Å². The quantitative estimate of drug-likeness (QED) is 0.802. The Balaban J connectivity index is 0.00000128. The highest BCUT2D eigenvalue weighted by molar-refractivity contribution is 14.1. The van der Waals surface area contributed by atoms with E-state index >= 15 is 0 Å². The second-order valence-corrected chi connectivity index (χ2v) is 4.93. The Morgan fingerprint density at radius 3 is 2.62 bits per heavy atom. The zero-order valence-electron chi connectivity index (χ0n) is 8.70. The fourth-order valence-electron chi connectivity index (χ4n) is 1.66. The van der Waals surface area contributed by atoms with E-state index in [-0.39, 0.29) is 24.2 Å². The van der Waals surface area contributed by atoms with Crippen LogP contribution in [0.25, 0.3) is 0 Å². The molecule has 1 heterocycles. The summed E-state index contributed by atoms with van der Waals surface area (Å²) in [6.45, 7) is 1.75. The highest BCUT2D eigenvalue weighted by atomic mass is 127. The molecule has 88 valence electrons. The molecule has 1 aliphatic heterocycles. The number of rotatable bonds is 2. The van der Waals surface area contributed by atoms with Gasteiger partial charge in [0.15, 0.2) is 0 Å². The SMILES string of the molecule is Cl.O=C(Nc1ccc(I)cc1)[C@H]1CCNC1. The molecule has 16 heavy (non-hydrogen) atoms. The summed E-state index contributed by atoms with van der Waals surface area (Å²) >= 11 is 2.25. The van der Waals surface area contributed by atoms with Gasteiger partial charge in [0.1, 0.15) is 0 Å². The molecule has 0 bridgehead atoms. The van der Waals surface area contributed by atoms with Crippen LogP contribution in [0.1, 0.15) is 6.42 Å². The number of anilines is 1. The van der Waals surface area contributed by atoms with Crippen molar-refractivity contribution >= 4 is 46.6 Å². The van der Waals surface area contributed by atoms with Crippen LogP contribution in [0.3, 0.4) is 0 Å². The lowest BCUT2D eigenvalue weighted by Crippen LogP contribution is -2.24. The molecular weight excluding hydrogens is 338 g/mol.